The van der Waals surface area contributed by atoms with Crippen LogP contribution in [-0.2, 0) is 4.74 Å². The summed E-state index contributed by atoms with van der Waals surface area (Å²) in [6.07, 6.45) is 4.81. The quantitative estimate of drug-likeness (QED) is 0.774. The molecular formula is C20H38N2O2. The summed E-state index contributed by atoms with van der Waals surface area (Å²) in [4.78, 5) is 4.88. The first-order chi connectivity index (χ1) is 11.4. The van der Waals surface area contributed by atoms with E-state index in [1.807, 2.05) is 0 Å². The van der Waals surface area contributed by atoms with E-state index in [1.54, 1.807) is 0 Å². The molecule has 0 unspecified atom stereocenters. The molecule has 0 aromatic rings. The van der Waals surface area contributed by atoms with Crippen LogP contribution in [0.3, 0.4) is 0 Å². The molecule has 140 valence electrons. The smallest absolute Gasteiger partial charge is 0.0689 e. The van der Waals surface area contributed by atoms with Gasteiger partial charge in [-0.05, 0) is 49.0 Å². The zero-order valence-corrected chi connectivity index (χ0v) is 16.3. The third kappa shape index (κ3) is 3.40. The Morgan fingerprint density at radius 1 is 1.12 bits per heavy atom. The lowest BCUT2D eigenvalue weighted by Gasteiger charge is -2.39. The molecule has 4 atom stereocenters. The molecule has 0 spiro atoms. The number of nitrogens with zero attached hydrogens (tertiary/aromatic N) is 2. The second-order valence-electron chi connectivity index (χ2n) is 9.15. The Morgan fingerprint density at radius 2 is 1.79 bits per heavy atom. The maximum absolute atomic E-state index is 10.4. The summed E-state index contributed by atoms with van der Waals surface area (Å²) in [7, 11) is 0. The molecule has 1 aliphatic heterocycles. The van der Waals surface area contributed by atoms with E-state index in [4.69, 9.17) is 4.74 Å². The van der Waals surface area contributed by atoms with E-state index in [2.05, 4.69) is 37.5 Å². The predicted octanol–water partition coefficient (Wildman–Crippen LogP) is 2.61. The molecule has 4 heteroatoms. The third-order valence-corrected chi connectivity index (χ3v) is 7.87. The van der Waals surface area contributed by atoms with Crippen LogP contribution in [0.15, 0.2) is 0 Å². The number of aliphatic hydroxyl groups excluding tert-OH is 1. The fraction of sp³-hybridized carbons (Fsp3) is 1.00. The monoisotopic (exact) mass is 338 g/mol. The molecule has 3 fully saturated rings. The van der Waals surface area contributed by atoms with Crippen LogP contribution in [0, 0.1) is 16.7 Å². The van der Waals surface area contributed by atoms with Crippen LogP contribution in [0.2, 0.25) is 0 Å². The second-order valence-corrected chi connectivity index (χ2v) is 9.15. The lowest BCUT2D eigenvalue weighted by atomic mass is 9.70. The topological polar surface area (TPSA) is 35.9 Å². The number of hydrogen-bond acceptors (Lipinski definition) is 4. The van der Waals surface area contributed by atoms with Crippen molar-refractivity contribution in [2.45, 2.75) is 65.6 Å². The van der Waals surface area contributed by atoms with Crippen LogP contribution in [0.5, 0.6) is 0 Å². The average molecular weight is 339 g/mol. The molecule has 1 heterocycles. The summed E-state index contributed by atoms with van der Waals surface area (Å²) in [5.74, 6) is 0.826. The number of fused-ring (bicyclic) bond motifs is 2. The first-order valence-corrected chi connectivity index (χ1v) is 10.1. The lowest BCUT2D eigenvalue weighted by Crippen LogP contribution is -2.48. The Hall–Kier alpha value is -0.160. The second kappa shape index (κ2) is 7.22. The molecule has 3 aliphatic rings. The molecule has 24 heavy (non-hydrogen) atoms. The van der Waals surface area contributed by atoms with E-state index in [1.165, 1.54) is 19.3 Å². The van der Waals surface area contributed by atoms with Crippen molar-refractivity contribution in [3.63, 3.8) is 0 Å². The highest BCUT2D eigenvalue weighted by Gasteiger charge is 2.61. The molecule has 2 bridgehead atoms. The number of rotatable bonds is 7. The normalized spacial score (nSPS) is 37.9. The third-order valence-electron chi connectivity index (χ3n) is 7.87. The molecule has 3 rings (SSSR count). The molecule has 0 aromatic carbocycles. The summed E-state index contributed by atoms with van der Waals surface area (Å²) in [6.45, 7) is 16.6. The fourth-order valence-electron chi connectivity index (χ4n) is 5.41. The van der Waals surface area contributed by atoms with Crippen molar-refractivity contribution in [2.24, 2.45) is 16.7 Å². The average Bonchev–Trinajstić information content (AvgIpc) is 2.89. The summed E-state index contributed by atoms with van der Waals surface area (Å²) < 4.78 is 6.28. The maximum atomic E-state index is 10.4. The highest BCUT2D eigenvalue weighted by molar-refractivity contribution is 5.11. The van der Waals surface area contributed by atoms with E-state index in [0.29, 0.717) is 23.5 Å². The lowest BCUT2D eigenvalue weighted by molar-refractivity contribution is -0.0570. The van der Waals surface area contributed by atoms with Gasteiger partial charge in [0.15, 0.2) is 0 Å². The van der Waals surface area contributed by atoms with Crippen LogP contribution in [0.1, 0.15) is 53.4 Å². The van der Waals surface area contributed by atoms with Crippen LogP contribution in [0.4, 0.5) is 0 Å². The van der Waals surface area contributed by atoms with Gasteiger partial charge in [0.25, 0.3) is 0 Å². The van der Waals surface area contributed by atoms with Gasteiger partial charge in [-0.3, -0.25) is 4.90 Å². The Balaban J connectivity index is 1.37. The van der Waals surface area contributed by atoms with Gasteiger partial charge < -0.3 is 14.7 Å². The van der Waals surface area contributed by atoms with Gasteiger partial charge in [-0.25, -0.2) is 0 Å². The summed E-state index contributed by atoms with van der Waals surface area (Å²) in [6, 6.07) is 0. The maximum Gasteiger partial charge on any atom is 0.0689 e. The minimum Gasteiger partial charge on any atom is -0.392 e. The van der Waals surface area contributed by atoms with Crippen molar-refractivity contribution in [2.75, 3.05) is 45.9 Å². The Labute approximate surface area is 148 Å². The van der Waals surface area contributed by atoms with Crippen molar-refractivity contribution < 1.29 is 9.84 Å². The van der Waals surface area contributed by atoms with Crippen LogP contribution in [-0.4, -0.2) is 73.0 Å². The number of aliphatic hydroxyl groups is 1. The molecule has 0 aromatic heterocycles. The van der Waals surface area contributed by atoms with Crippen molar-refractivity contribution in [3.8, 4) is 0 Å². The van der Waals surface area contributed by atoms with E-state index in [-0.39, 0.29) is 6.10 Å². The van der Waals surface area contributed by atoms with Gasteiger partial charge in [-0.2, -0.15) is 0 Å². The summed E-state index contributed by atoms with van der Waals surface area (Å²) >= 11 is 0. The number of likely N-dealkylation sites (N-methyl/N-ethyl adjacent to an activating group) is 1. The Bertz CT molecular complexity index is 420. The van der Waals surface area contributed by atoms with E-state index in [9.17, 15) is 5.11 Å². The first-order valence-electron chi connectivity index (χ1n) is 10.1. The molecule has 4 nitrogen and oxygen atoms in total. The standard InChI is InChI=1S/C20H38N2O2/c1-5-21-9-11-22(12-10-21)15-17(23)7-13-24-18-14-16-6-8-20(18,4)19(16,2)3/h16-18,23H,5-15H2,1-4H3/t16-,17-,18-,20-/m1/s1. The van der Waals surface area contributed by atoms with Gasteiger partial charge in [0.05, 0.1) is 12.2 Å². The minimum absolute atomic E-state index is 0.252. The van der Waals surface area contributed by atoms with E-state index >= 15 is 0 Å². The highest BCUT2D eigenvalue weighted by Crippen LogP contribution is 2.66. The van der Waals surface area contributed by atoms with Gasteiger partial charge in [-0.15, -0.1) is 0 Å². The zero-order chi connectivity index (χ0) is 17.4. The summed E-state index contributed by atoms with van der Waals surface area (Å²) in [5.41, 5.74) is 0.744. The minimum atomic E-state index is -0.252. The SMILES string of the molecule is CCN1CCN(C[C@H](O)CCO[C@@H]2C[C@H]3CC[C@@]2(C)C3(C)C)CC1. The molecule has 2 saturated carbocycles. The number of β-amino-alcohol motifs (C(OH)–C–C–N with tert-alkyl or cyclic N) is 1. The summed E-state index contributed by atoms with van der Waals surface area (Å²) in [5, 5.41) is 10.4. The molecule has 0 amide bonds. The van der Waals surface area contributed by atoms with Crippen molar-refractivity contribution in [1.82, 2.24) is 9.80 Å². The van der Waals surface area contributed by atoms with Crippen LogP contribution < -0.4 is 0 Å². The Morgan fingerprint density at radius 3 is 2.33 bits per heavy atom. The van der Waals surface area contributed by atoms with Gasteiger partial charge in [0.1, 0.15) is 0 Å². The van der Waals surface area contributed by atoms with Crippen molar-refractivity contribution in [1.29, 1.82) is 0 Å². The van der Waals surface area contributed by atoms with Gasteiger partial charge in [0, 0.05) is 39.3 Å². The zero-order valence-electron chi connectivity index (χ0n) is 16.3. The first kappa shape index (κ1) is 18.6. The molecule has 1 saturated heterocycles. The number of ether oxygens (including phenoxy) is 1. The van der Waals surface area contributed by atoms with Crippen LogP contribution >= 0.6 is 0 Å². The van der Waals surface area contributed by atoms with Gasteiger partial charge in [0.2, 0.25) is 0 Å². The van der Waals surface area contributed by atoms with Gasteiger partial charge in [-0.1, -0.05) is 27.7 Å². The molecule has 1 N–H and O–H groups in total. The molecule has 0 radical (unpaired) electrons. The highest BCUT2D eigenvalue weighted by atomic mass is 16.5. The van der Waals surface area contributed by atoms with Crippen LogP contribution in [0.25, 0.3) is 0 Å². The van der Waals surface area contributed by atoms with E-state index < -0.39 is 0 Å². The largest absolute Gasteiger partial charge is 0.392 e. The predicted molar refractivity (Wildman–Crippen MR) is 98.1 cm³/mol. The molecular weight excluding hydrogens is 300 g/mol. The van der Waals surface area contributed by atoms with Gasteiger partial charge >= 0.3 is 0 Å². The van der Waals surface area contributed by atoms with Crippen molar-refractivity contribution in [3.05, 3.63) is 0 Å². The molecule has 2 aliphatic carbocycles. The van der Waals surface area contributed by atoms with E-state index in [0.717, 1.165) is 51.6 Å². The Kier molecular flexibility index (Phi) is 5.60. The van der Waals surface area contributed by atoms with Crippen molar-refractivity contribution >= 4 is 0 Å². The number of piperazine rings is 1. The number of hydrogen-bond donors (Lipinski definition) is 1. The fourth-order valence-corrected chi connectivity index (χ4v) is 5.41.